The highest BCUT2D eigenvalue weighted by atomic mass is 16.6. The van der Waals surface area contributed by atoms with E-state index in [2.05, 4.69) is 6.58 Å². The third-order valence-corrected chi connectivity index (χ3v) is 2.62. The molecule has 0 fully saturated rings. The van der Waals surface area contributed by atoms with Gasteiger partial charge in [-0.2, -0.15) is 0 Å². The molecule has 16 heavy (non-hydrogen) atoms. The van der Waals surface area contributed by atoms with Gasteiger partial charge in [0.2, 0.25) is 0 Å². The maximum absolute atomic E-state index is 11.6. The van der Waals surface area contributed by atoms with Crippen molar-refractivity contribution in [3.8, 4) is 0 Å². The molecular formula is C12H17NO3. The van der Waals surface area contributed by atoms with Crippen LogP contribution in [0.25, 0.3) is 0 Å². The van der Waals surface area contributed by atoms with Crippen LogP contribution in [0.4, 0.5) is 4.79 Å². The van der Waals surface area contributed by atoms with Gasteiger partial charge < -0.3 is 9.64 Å². The van der Waals surface area contributed by atoms with Crippen LogP contribution in [-0.4, -0.2) is 37.0 Å². The zero-order valence-electron chi connectivity index (χ0n) is 9.95. The molecule has 88 valence electrons. The Labute approximate surface area is 95.6 Å². The molecule has 0 aliphatic heterocycles. The molecule has 0 N–H and O–H groups in total. The number of carbonyl (C=O) groups excluding carboxylic acids is 2. The van der Waals surface area contributed by atoms with Crippen LogP contribution in [0.15, 0.2) is 23.8 Å². The monoisotopic (exact) mass is 223 g/mol. The summed E-state index contributed by atoms with van der Waals surface area (Å²) in [5.41, 5.74) is 1.58. The van der Waals surface area contributed by atoms with Crippen molar-refractivity contribution in [3.05, 3.63) is 23.8 Å². The van der Waals surface area contributed by atoms with Crippen molar-refractivity contribution in [2.45, 2.75) is 25.9 Å². The van der Waals surface area contributed by atoms with Gasteiger partial charge in [-0.25, -0.2) is 4.79 Å². The molecule has 0 aromatic heterocycles. The number of nitrogens with zero attached hydrogens (tertiary/aromatic N) is 1. The van der Waals surface area contributed by atoms with Gasteiger partial charge >= 0.3 is 6.09 Å². The lowest BCUT2D eigenvalue weighted by Gasteiger charge is -2.16. The first-order valence-electron chi connectivity index (χ1n) is 5.19. The molecule has 1 rings (SSSR count). The van der Waals surface area contributed by atoms with Gasteiger partial charge in [0.05, 0.1) is 6.42 Å². The average Bonchev–Trinajstić information content (AvgIpc) is 2.46. The van der Waals surface area contributed by atoms with Gasteiger partial charge in [0.25, 0.3) is 0 Å². The van der Waals surface area contributed by atoms with Gasteiger partial charge in [-0.1, -0.05) is 6.08 Å². The molecule has 0 spiro atoms. The second-order valence-electron chi connectivity index (χ2n) is 4.05. The first kappa shape index (κ1) is 12.5. The fourth-order valence-electron chi connectivity index (χ4n) is 1.64. The van der Waals surface area contributed by atoms with E-state index in [9.17, 15) is 9.59 Å². The van der Waals surface area contributed by atoms with Gasteiger partial charge in [-0.3, -0.25) is 4.79 Å². The minimum atomic E-state index is -0.419. The van der Waals surface area contributed by atoms with Crippen molar-refractivity contribution in [1.29, 1.82) is 0 Å². The van der Waals surface area contributed by atoms with Crippen LogP contribution in [0.2, 0.25) is 0 Å². The molecule has 1 aliphatic rings. The number of allylic oxidation sites excluding steroid dienone is 2. The van der Waals surface area contributed by atoms with Crippen molar-refractivity contribution in [2.24, 2.45) is 0 Å². The standard InChI is InChI=1S/C12H17NO3/c1-5-6-9-8(2)11(7-10(9)14)16-12(15)13(3)4/h5,11H,1,6-7H2,2-4H3. The van der Waals surface area contributed by atoms with Crippen LogP contribution in [0.1, 0.15) is 19.8 Å². The van der Waals surface area contributed by atoms with E-state index in [4.69, 9.17) is 4.74 Å². The van der Waals surface area contributed by atoms with Crippen molar-refractivity contribution < 1.29 is 14.3 Å². The summed E-state index contributed by atoms with van der Waals surface area (Å²) in [7, 11) is 3.23. The molecule has 4 heteroatoms. The van der Waals surface area contributed by atoms with Gasteiger partial charge in [-0.05, 0) is 18.9 Å². The molecule has 1 amide bonds. The number of Topliss-reactive ketones (excluding diaryl/α,β-unsaturated/α-hetero) is 1. The second kappa shape index (κ2) is 4.96. The van der Waals surface area contributed by atoms with Gasteiger partial charge in [0, 0.05) is 19.7 Å². The lowest BCUT2D eigenvalue weighted by Crippen LogP contribution is -2.27. The summed E-state index contributed by atoms with van der Waals surface area (Å²) in [6.07, 6.45) is 1.66. The van der Waals surface area contributed by atoms with Gasteiger partial charge in [0.1, 0.15) is 6.10 Å². The minimum absolute atomic E-state index is 0.0500. The number of ether oxygens (including phenoxy) is 1. The summed E-state index contributed by atoms with van der Waals surface area (Å²) in [6.45, 7) is 5.44. The SMILES string of the molecule is C=CCC1=C(C)C(OC(=O)N(C)C)CC1=O. The highest BCUT2D eigenvalue weighted by Crippen LogP contribution is 2.28. The third-order valence-electron chi connectivity index (χ3n) is 2.62. The molecule has 0 aromatic rings. The zero-order chi connectivity index (χ0) is 12.3. The maximum atomic E-state index is 11.6. The van der Waals surface area contributed by atoms with E-state index < -0.39 is 12.2 Å². The number of amides is 1. The van der Waals surface area contributed by atoms with Crippen molar-refractivity contribution >= 4 is 11.9 Å². The molecule has 4 nitrogen and oxygen atoms in total. The zero-order valence-corrected chi connectivity index (χ0v) is 9.95. The summed E-state index contributed by atoms with van der Waals surface area (Å²) in [4.78, 5) is 24.3. The van der Waals surface area contributed by atoms with Gasteiger partial charge in [-0.15, -0.1) is 6.58 Å². The molecule has 1 atom stereocenters. The lowest BCUT2D eigenvalue weighted by atomic mass is 10.1. The molecule has 0 heterocycles. The van der Waals surface area contributed by atoms with Crippen LogP contribution >= 0.6 is 0 Å². The van der Waals surface area contributed by atoms with Crippen LogP contribution in [-0.2, 0) is 9.53 Å². The number of ketones is 1. The van der Waals surface area contributed by atoms with Crippen molar-refractivity contribution in [3.63, 3.8) is 0 Å². The first-order valence-corrected chi connectivity index (χ1v) is 5.19. The molecule has 1 aliphatic carbocycles. The van der Waals surface area contributed by atoms with Gasteiger partial charge in [0.15, 0.2) is 5.78 Å². The predicted molar refractivity (Wildman–Crippen MR) is 61.1 cm³/mol. The van der Waals surface area contributed by atoms with E-state index in [0.29, 0.717) is 6.42 Å². The number of rotatable bonds is 3. The Bertz CT molecular complexity index is 355. The molecule has 1 unspecified atom stereocenters. The van der Waals surface area contributed by atoms with Crippen LogP contribution in [0, 0.1) is 0 Å². The van der Waals surface area contributed by atoms with Crippen LogP contribution in [0.5, 0.6) is 0 Å². The van der Waals surface area contributed by atoms with E-state index in [0.717, 1.165) is 11.1 Å². The number of hydrogen-bond donors (Lipinski definition) is 0. The summed E-state index contributed by atoms with van der Waals surface area (Å²) in [5, 5.41) is 0. The minimum Gasteiger partial charge on any atom is -0.441 e. The van der Waals surface area contributed by atoms with Crippen molar-refractivity contribution in [1.82, 2.24) is 4.90 Å². The Morgan fingerprint density at radius 2 is 2.25 bits per heavy atom. The van der Waals surface area contributed by atoms with E-state index >= 15 is 0 Å². The van der Waals surface area contributed by atoms with Crippen LogP contribution in [0.3, 0.4) is 0 Å². The van der Waals surface area contributed by atoms with E-state index in [1.54, 1.807) is 20.2 Å². The second-order valence-corrected chi connectivity index (χ2v) is 4.05. The highest BCUT2D eigenvalue weighted by molar-refractivity contribution is 6.00. The maximum Gasteiger partial charge on any atom is 0.409 e. The summed E-state index contributed by atoms with van der Waals surface area (Å²) < 4.78 is 5.21. The smallest absolute Gasteiger partial charge is 0.409 e. The van der Waals surface area contributed by atoms with Crippen molar-refractivity contribution in [2.75, 3.05) is 14.1 Å². The molecule has 0 radical (unpaired) electrons. The highest BCUT2D eigenvalue weighted by Gasteiger charge is 2.31. The number of carbonyl (C=O) groups is 2. The Balaban J connectivity index is 2.75. The Morgan fingerprint density at radius 3 is 2.75 bits per heavy atom. The van der Waals surface area contributed by atoms with E-state index in [1.807, 2.05) is 6.92 Å². The predicted octanol–water partition coefficient (Wildman–Crippen LogP) is 1.92. The quantitative estimate of drug-likeness (QED) is 0.687. The molecular weight excluding hydrogens is 206 g/mol. The first-order chi connectivity index (χ1) is 7.47. The van der Waals surface area contributed by atoms with E-state index in [1.165, 1.54) is 4.90 Å². The topological polar surface area (TPSA) is 46.6 Å². The summed E-state index contributed by atoms with van der Waals surface area (Å²) >= 11 is 0. The molecule has 0 saturated heterocycles. The third kappa shape index (κ3) is 2.51. The largest absolute Gasteiger partial charge is 0.441 e. The van der Waals surface area contributed by atoms with E-state index in [-0.39, 0.29) is 12.2 Å². The Kier molecular flexibility index (Phi) is 3.88. The summed E-state index contributed by atoms with van der Waals surface area (Å²) in [5.74, 6) is 0.0500. The number of hydrogen-bond acceptors (Lipinski definition) is 3. The fourth-order valence-corrected chi connectivity index (χ4v) is 1.64. The normalized spacial score (nSPS) is 19.9. The Hall–Kier alpha value is -1.58. The Morgan fingerprint density at radius 1 is 1.62 bits per heavy atom. The molecule has 0 aromatic carbocycles. The lowest BCUT2D eigenvalue weighted by molar-refractivity contribution is -0.115. The summed E-state index contributed by atoms with van der Waals surface area (Å²) in [6, 6.07) is 0. The molecule has 0 bridgehead atoms. The molecule has 0 saturated carbocycles. The van der Waals surface area contributed by atoms with Crippen LogP contribution < -0.4 is 0 Å². The average molecular weight is 223 g/mol. The fraction of sp³-hybridized carbons (Fsp3) is 0.500.